The molecule has 4 rings (SSSR count). The Hall–Kier alpha value is -1.96. The Morgan fingerprint density at radius 3 is 2.76 bits per heavy atom. The SMILES string of the molecule is Cc1cccc2sc(N(Cc3ccco3)C(=O)c3ccc(Br)s3)nc12. The highest BCUT2D eigenvalue weighted by molar-refractivity contribution is 9.11. The third kappa shape index (κ3) is 3.27. The third-order valence-electron chi connectivity index (χ3n) is 3.76. The van der Waals surface area contributed by atoms with Crippen LogP contribution in [-0.4, -0.2) is 10.9 Å². The highest BCUT2D eigenvalue weighted by atomic mass is 79.9. The van der Waals surface area contributed by atoms with Gasteiger partial charge in [0.05, 0.1) is 31.7 Å². The molecule has 126 valence electrons. The van der Waals surface area contributed by atoms with Crippen LogP contribution in [0.25, 0.3) is 10.2 Å². The van der Waals surface area contributed by atoms with E-state index >= 15 is 0 Å². The van der Waals surface area contributed by atoms with Crippen molar-refractivity contribution in [3.8, 4) is 0 Å². The Labute approximate surface area is 160 Å². The van der Waals surface area contributed by atoms with Crippen LogP contribution >= 0.6 is 38.6 Å². The average Bonchev–Trinajstić information content (AvgIpc) is 3.32. The number of hydrogen-bond donors (Lipinski definition) is 0. The summed E-state index contributed by atoms with van der Waals surface area (Å²) in [7, 11) is 0. The Morgan fingerprint density at radius 2 is 2.08 bits per heavy atom. The first-order valence-corrected chi connectivity index (χ1v) is 10.00. The van der Waals surface area contributed by atoms with E-state index in [0.29, 0.717) is 16.6 Å². The van der Waals surface area contributed by atoms with E-state index in [1.54, 1.807) is 11.2 Å². The molecule has 0 N–H and O–H groups in total. The van der Waals surface area contributed by atoms with Crippen LogP contribution in [0.15, 0.2) is 56.9 Å². The number of hydrogen-bond acceptors (Lipinski definition) is 5. The van der Waals surface area contributed by atoms with Crippen molar-refractivity contribution in [1.29, 1.82) is 0 Å². The van der Waals surface area contributed by atoms with E-state index in [1.165, 1.54) is 22.7 Å². The number of aryl methyl sites for hydroxylation is 1. The summed E-state index contributed by atoms with van der Waals surface area (Å²) in [5.74, 6) is 0.642. The fourth-order valence-electron chi connectivity index (χ4n) is 2.54. The van der Waals surface area contributed by atoms with Crippen molar-refractivity contribution < 1.29 is 9.21 Å². The molecule has 7 heteroatoms. The van der Waals surface area contributed by atoms with Crippen molar-refractivity contribution >= 4 is 59.9 Å². The number of para-hydroxylation sites is 1. The predicted molar refractivity (Wildman–Crippen MR) is 106 cm³/mol. The van der Waals surface area contributed by atoms with Gasteiger partial charge < -0.3 is 4.42 Å². The fourth-order valence-corrected chi connectivity index (χ4v) is 4.91. The molecule has 0 bridgehead atoms. The number of carbonyl (C=O) groups is 1. The topological polar surface area (TPSA) is 46.3 Å². The summed E-state index contributed by atoms with van der Waals surface area (Å²) in [6.45, 7) is 2.38. The summed E-state index contributed by atoms with van der Waals surface area (Å²) >= 11 is 6.35. The molecule has 0 spiro atoms. The lowest BCUT2D eigenvalue weighted by Crippen LogP contribution is -2.29. The molecule has 1 aromatic carbocycles. The molecule has 0 saturated heterocycles. The van der Waals surface area contributed by atoms with Crippen LogP contribution < -0.4 is 4.90 Å². The minimum atomic E-state index is -0.0798. The third-order valence-corrected chi connectivity index (χ3v) is 6.42. The molecular weight excluding hydrogens is 420 g/mol. The Bertz CT molecular complexity index is 1040. The first-order valence-electron chi connectivity index (χ1n) is 7.57. The van der Waals surface area contributed by atoms with Gasteiger partial charge in [-0.1, -0.05) is 23.5 Å². The number of aromatic nitrogens is 1. The molecule has 1 amide bonds. The summed E-state index contributed by atoms with van der Waals surface area (Å²) in [4.78, 5) is 20.2. The van der Waals surface area contributed by atoms with Crippen molar-refractivity contribution in [1.82, 2.24) is 4.98 Å². The van der Waals surface area contributed by atoms with Crippen molar-refractivity contribution in [3.63, 3.8) is 0 Å². The molecule has 25 heavy (non-hydrogen) atoms. The van der Waals surface area contributed by atoms with E-state index in [4.69, 9.17) is 9.40 Å². The van der Waals surface area contributed by atoms with Crippen LogP contribution in [-0.2, 0) is 6.54 Å². The number of fused-ring (bicyclic) bond motifs is 1. The van der Waals surface area contributed by atoms with Crippen LogP contribution in [0.5, 0.6) is 0 Å². The minimum Gasteiger partial charge on any atom is -0.467 e. The van der Waals surface area contributed by atoms with Gasteiger partial charge in [-0.25, -0.2) is 4.98 Å². The highest BCUT2D eigenvalue weighted by Gasteiger charge is 2.24. The van der Waals surface area contributed by atoms with E-state index in [9.17, 15) is 4.79 Å². The smallest absolute Gasteiger partial charge is 0.270 e. The molecule has 0 saturated carbocycles. The van der Waals surface area contributed by atoms with E-state index < -0.39 is 0 Å². The highest BCUT2D eigenvalue weighted by Crippen LogP contribution is 2.33. The molecule has 0 fully saturated rings. The zero-order chi connectivity index (χ0) is 17.4. The van der Waals surface area contributed by atoms with E-state index in [2.05, 4.69) is 15.9 Å². The fraction of sp³-hybridized carbons (Fsp3) is 0.111. The number of nitrogens with zero attached hydrogens (tertiary/aromatic N) is 2. The van der Waals surface area contributed by atoms with Crippen molar-refractivity contribution in [2.75, 3.05) is 4.90 Å². The number of halogens is 1. The lowest BCUT2D eigenvalue weighted by atomic mass is 10.2. The van der Waals surface area contributed by atoms with Gasteiger partial charge in [-0.2, -0.15) is 0 Å². The Balaban J connectivity index is 1.78. The molecule has 0 aliphatic carbocycles. The molecule has 4 nitrogen and oxygen atoms in total. The summed E-state index contributed by atoms with van der Waals surface area (Å²) in [5.41, 5.74) is 2.04. The normalized spacial score (nSPS) is 11.1. The second-order valence-corrected chi connectivity index (χ2v) is 8.96. The molecule has 0 atom stereocenters. The number of benzene rings is 1. The summed E-state index contributed by atoms with van der Waals surface area (Å²) in [6.07, 6.45) is 1.61. The molecule has 0 radical (unpaired) electrons. The predicted octanol–water partition coefficient (Wildman–Crippen LogP) is 5.87. The quantitative estimate of drug-likeness (QED) is 0.405. The largest absolute Gasteiger partial charge is 0.467 e. The number of thiazole rings is 1. The van der Waals surface area contributed by atoms with Gasteiger partial charge in [0.1, 0.15) is 5.76 Å². The first kappa shape index (κ1) is 16.5. The lowest BCUT2D eigenvalue weighted by Gasteiger charge is -2.17. The number of carbonyl (C=O) groups excluding carboxylic acids is 1. The van der Waals surface area contributed by atoms with Crippen molar-refractivity contribution in [3.05, 3.63) is 68.7 Å². The average molecular weight is 433 g/mol. The number of thiophene rings is 1. The Morgan fingerprint density at radius 1 is 1.20 bits per heavy atom. The lowest BCUT2D eigenvalue weighted by molar-refractivity contribution is 0.0987. The van der Waals surface area contributed by atoms with Crippen molar-refractivity contribution in [2.45, 2.75) is 13.5 Å². The molecule has 0 aliphatic heterocycles. The minimum absolute atomic E-state index is 0.0798. The van der Waals surface area contributed by atoms with Crippen LogP contribution in [0.3, 0.4) is 0 Å². The summed E-state index contributed by atoms with van der Waals surface area (Å²) in [6, 6.07) is 13.5. The second-order valence-electron chi connectivity index (χ2n) is 5.49. The van der Waals surface area contributed by atoms with E-state index in [0.717, 1.165) is 25.3 Å². The first-order chi connectivity index (χ1) is 12.1. The van der Waals surface area contributed by atoms with Gasteiger partial charge >= 0.3 is 0 Å². The van der Waals surface area contributed by atoms with Crippen molar-refractivity contribution in [2.24, 2.45) is 0 Å². The van der Waals surface area contributed by atoms with Crippen LogP contribution in [0, 0.1) is 6.92 Å². The van der Waals surface area contributed by atoms with E-state index in [-0.39, 0.29) is 5.91 Å². The summed E-state index contributed by atoms with van der Waals surface area (Å²) < 4.78 is 7.45. The molecular formula is C18H13BrN2O2S2. The van der Waals surface area contributed by atoms with Gasteiger partial charge in [0, 0.05) is 0 Å². The summed E-state index contributed by atoms with van der Waals surface area (Å²) in [5, 5.41) is 0.676. The molecule has 4 aromatic rings. The van der Waals surface area contributed by atoms with Crippen LogP contribution in [0.2, 0.25) is 0 Å². The maximum atomic E-state index is 13.1. The van der Waals surface area contributed by atoms with Gasteiger partial charge in [-0.3, -0.25) is 9.69 Å². The standard InChI is InChI=1S/C18H13BrN2O2S2/c1-11-4-2-6-13-16(11)20-18(25-13)21(10-12-5-3-9-23-12)17(22)14-7-8-15(19)24-14/h2-9H,10H2,1H3. The monoisotopic (exact) mass is 432 g/mol. The number of rotatable bonds is 4. The molecule has 0 aliphatic rings. The van der Waals surface area contributed by atoms with Gasteiger partial charge in [0.15, 0.2) is 5.13 Å². The maximum Gasteiger partial charge on any atom is 0.270 e. The van der Waals surface area contributed by atoms with Gasteiger partial charge in [-0.05, 0) is 58.7 Å². The zero-order valence-corrected chi connectivity index (χ0v) is 16.5. The van der Waals surface area contributed by atoms with E-state index in [1.807, 2.05) is 49.4 Å². The maximum absolute atomic E-state index is 13.1. The van der Waals surface area contributed by atoms with Gasteiger partial charge in [0.2, 0.25) is 0 Å². The number of anilines is 1. The van der Waals surface area contributed by atoms with Crippen LogP contribution in [0.4, 0.5) is 5.13 Å². The molecule has 0 unspecified atom stereocenters. The molecule has 3 heterocycles. The van der Waals surface area contributed by atoms with Crippen LogP contribution in [0.1, 0.15) is 21.0 Å². The van der Waals surface area contributed by atoms with Gasteiger partial charge in [-0.15, -0.1) is 11.3 Å². The number of furan rings is 1. The second kappa shape index (κ2) is 6.74. The zero-order valence-electron chi connectivity index (χ0n) is 13.2. The Kier molecular flexibility index (Phi) is 4.45. The van der Waals surface area contributed by atoms with Gasteiger partial charge in [0.25, 0.3) is 5.91 Å². The number of amides is 1. The molecule has 3 aromatic heterocycles.